The second-order valence-electron chi connectivity index (χ2n) is 7.68. The number of nitrogens with zero attached hydrogens (tertiary/aromatic N) is 3. The number of amides is 1. The van der Waals surface area contributed by atoms with Crippen LogP contribution in [0.1, 0.15) is 27.7 Å². The third-order valence-corrected chi connectivity index (χ3v) is 7.84. The molecule has 0 aliphatic heterocycles. The smallest absolute Gasteiger partial charge is 0.341 e. The summed E-state index contributed by atoms with van der Waals surface area (Å²) in [6.07, 6.45) is 0. The number of phenols is 1. The fourth-order valence-electron chi connectivity index (χ4n) is 3.49. The number of phenolic OH excluding ortho intramolecular Hbond substituents is 1. The van der Waals surface area contributed by atoms with E-state index in [-0.39, 0.29) is 24.0 Å². The maximum absolute atomic E-state index is 12.9. The quantitative estimate of drug-likeness (QED) is 0.193. The second kappa shape index (κ2) is 11.3. The van der Waals surface area contributed by atoms with Crippen LogP contribution in [0.25, 0.3) is 17.1 Å². The highest BCUT2D eigenvalue weighted by atomic mass is 79.9. The van der Waals surface area contributed by atoms with Crippen LogP contribution in [0, 0.1) is 13.8 Å². The van der Waals surface area contributed by atoms with Crippen LogP contribution in [-0.4, -0.2) is 44.1 Å². The number of carbonyl (C=O) groups excluding carboxylic acids is 2. The lowest BCUT2D eigenvalue weighted by Gasteiger charge is -2.11. The fraction of sp³-hybridized carbons (Fsp3) is 0.200. The third-order valence-electron chi connectivity index (χ3n) is 5.30. The number of ether oxygens (including phenoxy) is 1. The van der Waals surface area contributed by atoms with Crippen LogP contribution in [0.4, 0.5) is 5.00 Å². The largest absolute Gasteiger partial charge is 0.507 e. The highest BCUT2D eigenvalue weighted by Gasteiger charge is 2.23. The molecule has 0 spiro atoms. The Labute approximate surface area is 224 Å². The van der Waals surface area contributed by atoms with Gasteiger partial charge in [0.25, 0.3) is 0 Å². The van der Waals surface area contributed by atoms with Crippen LogP contribution in [-0.2, 0) is 9.53 Å². The summed E-state index contributed by atoms with van der Waals surface area (Å²) in [5, 5.41) is 22.9. The van der Waals surface area contributed by atoms with Gasteiger partial charge in [-0.25, -0.2) is 4.79 Å². The highest BCUT2D eigenvalue weighted by Crippen LogP contribution is 2.36. The number of hydrogen-bond acceptors (Lipinski definition) is 8. The molecule has 1 amide bonds. The number of benzene rings is 2. The topological polar surface area (TPSA) is 106 Å². The average Bonchev–Trinajstić information content (AvgIpc) is 3.40. The molecule has 0 aliphatic carbocycles. The van der Waals surface area contributed by atoms with Crippen molar-refractivity contribution >= 4 is 55.9 Å². The van der Waals surface area contributed by atoms with E-state index in [1.54, 1.807) is 29.7 Å². The predicted octanol–water partition coefficient (Wildman–Crippen LogP) is 5.99. The number of para-hydroxylation sites is 1. The molecule has 2 N–H and O–H groups in total. The average molecular weight is 588 g/mol. The molecule has 0 atom stereocenters. The van der Waals surface area contributed by atoms with E-state index in [1.165, 1.54) is 23.1 Å². The number of thioether (sulfide) groups is 1. The Morgan fingerprint density at radius 3 is 2.64 bits per heavy atom. The van der Waals surface area contributed by atoms with Gasteiger partial charge in [0.15, 0.2) is 11.0 Å². The van der Waals surface area contributed by atoms with Gasteiger partial charge in [-0.05, 0) is 56.7 Å². The first-order valence-electron chi connectivity index (χ1n) is 11.0. The number of halogens is 1. The number of hydrogen-bond donors (Lipinski definition) is 2. The van der Waals surface area contributed by atoms with E-state index in [1.807, 2.05) is 44.2 Å². The summed E-state index contributed by atoms with van der Waals surface area (Å²) in [5.74, 6) is -0.205. The lowest BCUT2D eigenvalue weighted by molar-refractivity contribution is -0.113. The molecule has 11 heteroatoms. The Morgan fingerprint density at radius 2 is 1.92 bits per heavy atom. The van der Waals surface area contributed by atoms with Crippen LogP contribution in [0.5, 0.6) is 5.75 Å². The van der Waals surface area contributed by atoms with E-state index < -0.39 is 5.97 Å². The monoisotopic (exact) mass is 586 g/mol. The number of thiophene rings is 1. The molecule has 0 saturated carbocycles. The van der Waals surface area contributed by atoms with E-state index in [9.17, 15) is 14.7 Å². The van der Waals surface area contributed by atoms with Crippen molar-refractivity contribution < 1.29 is 19.4 Å². The van der Waals surface area contributed by atoms with Crippen LogP contribution >= 0.6 is 39.0 Å². The first-order chi connectivity index (χ1) is 17.3. The molecule has 0 saturated heterocycles. The Morgan fingerprint density at radius 1 is 1.17 bits per heavy atom. The van der Waals surface area contributed by atoms with Gasteiger partial charge in [-0.1, -0.05) is 45.9 Å². The number of carbonyl (C=O) groups is 2. The highest BCUT2D eigenvalue weighted by molar-refractivity contribution is 9.10. The van der Waals surface area contributed by atoms with Crippen LogP contribution < -0.4 is 5.32 Å². The van der Waals surface area contributed by atoms with Crippen molar-refractivity contribution in [1.29, 1.82) is 0 Å². The molecule has 0 bridgehead atoms. The standard InChI is InChI=1S/C25H23BrN4O4S2/c1-4-34-24(33)21-14(2)15(3)36-23(21)27-20(32)13-35-25-29-28-22(18-12-16(26)10-11-19(18)31)30(25)17-8-6-5-7-9-17/h5-12,31H,4,13H2,1-3H3,(H,27,32). The number of aromatic hydroxyl groups is 1. The first-order valence-corrected chi connectivity index (χ1v) is 13.6. The molecular formula is C25H23BrN4O4S2. The van der Waals surface area contributed by atoms with E-state index in [2.05, 4.69) is 31.4 Å². The number of aryl methyl sites for hydroxylation is 1. The van der Waals surface area contributed by atoms with Crippen molar-refractivity contribution in [2.75, 3.05) is 17.7 Å². The Kier molecular flexibility index (Phi) is 8.12. The Balaban J connectivity index is 1.60. The maximum atomic E-state index is 12.9. The van der Waals surface area contributed by atoms with Gasteiger partial charge in [0.1, 0.15) is 10.8 Å². The van der Waals surface area contributed by atoms with E-state index >= 15 is 0 Å². The zero-order chi connectivity index (χ0) is 25.8. The Bertz CT molecular complexity index is 1420. The number of nitrogens with one attached hydrogen (secondary N) is 1. The molecule has 0 radical (unpaired) electrons. The minimum Gasteiger partial charge on any atom is -0.507 e. The van der Waals surface area contributed by atoms with Crippen molar-refractivity contribution in [2.45, 2.75) is 25.9 Å². The van der Waals surface area contributed by atoms with E-state index in [0.29, 0.717) is 27.1 Å². The van der Waals surface area contributed by atoms with Crippen LogP contribution in [0.3, 0.4) is 0 Å². The summed E-state index contributed by atoms with van der Waals surface area (Å²) in [6, 6.07) is 14.5. The van der Waals surface area contributed by atoms with Crippen molar-refractivity contribution in [2.24, 2.45) is 0 Å². The van der Waals surface area contributed by atoms with Crippen molar-refractivity contribution in [3.8, 4) is 22.8 Å². The molecule has 4 aromatic rings. The van der Waals surface area contributed by atoms with Gasteiger partial charge in [-0.2, -0.15) is 0 Å². The molecular weight excluding hydrogens is 564 g/mol. The van der Waals surface area contributed by atoms with E-state index in [4.69, 9.17) is 4.74 Å². The van der Waals surface area contributed by atoms with Crippen LogP contribution in [0.2, 0.25) is 0 Å². The molecule has 2 aromatic carbocycles. The van der Waals surface area contributed by atoms with Crippen molar-refractivity contribution in [3.63, 3.8) is 0 Å². The second-order valence-corrected chi connectivity index (χ2v) is 10.8. The first kappa shape index (κ1) is 25.9. The lowest BCUT2D eigenvalue weighted by atomic mass is 10.1. The van der Waals surface area contributed by atoms with Crippen molar-refractivity contribution in [1.82, 2.24) is 14.8 Å². The number of esters is 1. The summed E-state index contributed by atoms with van der Waals surface area (Å²) >= 11 is 5.98. The number of rotatable bonds is 8. The minimum absolute atomic E-state index is 0.0354. The molecule has 2 heterocycles. The molecule has 8 nitrogen and oxygen atoms in total. The summed E-state index contributed by atoms with van der Waals surface area (Å²) < 4.78 is 7.74. The van der Waals surface area contributed by atoms with Gasteiger partial charge in [0.2, 0.25) is 5.91 Å². The molecule has 186 valence electrons. The molecule has 4 rings (SSSR count). The SMILES string of the molecule is CCOC(=O)c1c(NC(=O)CSc2nnc(-c3cc(Br)ccc3O)n2-c2ccccc2)sc(C)c1C. The van der Waals surface area contributed by atoms with Gasteiger partial charge >= 0.3 is 5.97 Å². The molecule has 2 aromatic heterocycles. The number of anilines is 1. The van der Waals surface area contributed by atoms with Gasteiger partial charge in [-0.15, -0.1) is 21.5 Å². The molecule has 0 unspecified atom stereocenters. The summed E-state index contributed by atoms with van der Waals surface area (Å²) in [6.45, 7) is 5.73. The summed E-state index contributed by atoms with van der Waals surface area (Å²) in [7, 11) is 0. The zero-order valence-corrected chi connectivity index (χ0v) is 23.0. The predicted molar refractivity (Wildman–Crippen MR) is 145 cm³/mol. The minimum atomic E-state index is -0.454. The van der Waals surface area contributed by atoms with Gasteiger partial charge < -0.3 is 15.2 Å². The molecule has 36 heavy (non-hydrogen) atoms. The van der Waals surface area contributed by atoms with Crippen LogP contribution in [0.15, 0.2) is 58.2 Å². The third kappa shape index (κ3) is 5.48. The van der Waals surface area contributed by atoms with Gasteiger partial charge in [0.05, 0.1) is 23.5 Å². The fourth-order valence-corrected chi connectivity index (χ4v) is 5.67. The maximum Gasteiger partial charge on any atom is 0.341 e. The summed E-state index contributed by atoms with van der Waals surface area (Å²) in [5.41, 5.74) is 2.47. The molecule has 0 aliphatic rings. The van der Waals surface area contributed by atoms with Crippen molar-refractivity contribution in [3.05, 3.63) is 69.0 Å². The van der Waals surface area contributed by atoms with E-state index in [0.717, 1.165) is 20.6 Å². The van der Waals surface area contributed by atoms with Gasteiger partial charge in [-0.3, -0.25) is 9.36 Å². The zero-order valence-electron chi connectivity index (χ0n) is 19.7. The summed E-state index contributed by atoms with van der Waals surface area (Å²) in [4.78, 5) is 26.2. The lowest BCUT2D eigenvalue weighted by Crippen LogP contribution is -2.16. The normalized spacial score (nSPS) is 10.9. The number of aromatic nitrogens is 3. The molecule has 0 fully saturated rings. The van der Waals surface area contributed by atoms with Gasteiger partial charge in [0, 0.05) is 15.0 Å². The Hall–Kier alpha value is -3.15.